The van der Waals surface area contributed by atoms with Gasteiger partial charge in [0.15, 0.2) is 9.84 Å². The molecule has 0 atom stereocenters. The Morgan fingerprint density at radius 3 is 2.74 bits per heavy atom. The van der Waals surface area contributed by atoms with E-state index in [4.69, 9.17) is 21.3 Å². The quantitative estimate of drug-likeness (QED) is 0.751. The molecule has 7 heteroatoms. The molecule has 27 heavy (non-hydrogen) atoms. The van der Waals surface area contributed by atoms with Gasteiger partial charge in [-0.15, -0.1) is 0 Å². The molecule has 0 radical (unpaired) electrons. The second-order valence-corrected chi connectivity index (χ2v) is 9.01. The van der Waals surface area contributed by atoms with Gasteiger partial charge in [0.1, 0.15) is 5.75 Å². The SMILES string of the molecule is CCCNc1cc(Cc2ccc(S(C)(=O)=O)cc2OC)nc2c1C(Cl)=CC2. The van der Waals surface area contributed by atoms with Gasteiger partial charge in [-0.3, -0.25) is 4.98 Å². The molecule has 144 valence electrons. The maximum atomic E-state index is 11.8. The van der Waals surface area contributed by atoms with E-state index in [0.717, 1.165) is 46.2 Å². The van der Waals surface area contributed by atoms with Crippen LogP contribution in [0, 0.1) is 0 Å². The Bertz CT molecular complexity index is 1000. The van der Waals surface area contributed by atoms with Crippen LogP contribution in [0.4, 0.5) is 5.69 Å². The Morgan fingerprint density at radius 1 is 1.30 bits per heavy atom. The number of ether oxygens (including phenoxy) is 1. The molecule has 2 aromatic rings. The monoisotopic (exact) mass is 406 g/mol. The van der Waals surface area contributed by atoms with E-state index in [-0.39, 0.29) is 4.90 Å². The molecular weight excluding hydrogens is 384 g/mol. The number of aromatic nitrogens is 1. The minimum Gasteiger partial charge on any atom is -0.496 e. The van der Waals surface area contributed by atoms with Gasteiger partial charge in [-0.05, 0) is 24.6 Å². The van der Waals surface area contributed by atoms with Crippen molar-refractivity contribution in [1.29, 1.82) is 0 Å². The van der Waals surface area contributed by atoms with Crippen LogP contribution in [0.15, 0.2) is 35.2 Å². The molecule has 0 saturated carbocycles. The Morgan fingerprint density at radius 2 is 2.07 bits per heavy atom. The number of anilines is 1. The number of nitrogens with one attached hydrogen (secondary N) is 1. The molecule has 0 fully saturated rings. The summed E-state index contributed by atoms with van der Waals surface area (Å²) in [4.78, 5) is 5.01. The largest absolute Gasteiger partial charge is 0.496 e. The number of halogens is 1. The van der Waals surface area contributed by atoms with Crippen molar-refractivity contribution in [2.45, 2.75) is 31.1 Å². The molecule has 3 rings (SSSR count). The summed E-state index contributed by atoms with van der Waals surface area (Å²) in [5, 5.41) is 4.17. The number of hydrogen-bond donors (Lipinski definition) is 1. The third-order valence-corrected chi connectivity index (χ3v) is 5.94. The highest BCUT2D eigenvalue weighted by Gasteiger charge is 2.20. The fourth-order valence-electron chi connectivity index (χ4n) is 3.14. The zero-order valence-corrected chi connectivity index (χ0v) is 17.2. The zero-order valence-electron chi connectivity index (χ0n) is 15.7. The minimum absolute atomic E-state index is 0.242. The molecule has 1 aromatic carbocycles. The van der Waals surface area contributed by atoms with E-state index in [1.54, 1.807) is 25.3 Å². The molecule has 0 bridgehead atoms. The van der Waals surface area contributed by atoms with Crippen molar-refractivity contribution >= 4 is 32.2 Å². The first kappa shape index (κ1) is 19.7. The van der Waals surface area contributed by atoms with Crippen molar-refractivity contribution in [2.75, 3.05) is 25.2 Å². The average Bonchev–Trinajstić information content (AvgIpc) is 3.00. The predicted octanol–water partition coefficient (Wildman–Crippen LogP) is 4.04. The van der Waals surface area contributed by atoms with Crippen LogP contribution >= 0.6 is 11.6 Å². The van der Waals surface area contributed by atoms with Gasteiger partial charge in [0.05, 0.1) is 17.7 Å². The van der Waals surface area contributed by atoms with Crippen molar-refractivity contribution in [3.8, 4) is 5.75 Å². The lowest BCUT2D eigenvalue weighted by Crippen LogP contribution is -2.07. The van der Waals surface area contributed by atoms with E-state index in [0.29, 0.717) is 18.6 Å². The minimum atomic E-state index is -3.28. The molecule has 0 amide bonds. The van der Waals surface area contributed by atoms with E-state index < -0.39 is 9.84 Å². The molecule has 1 heterocycles. The number of allylic oxidation sites excluding steroid dienone is 1. The molecule has 1 aliphatic rings. The molecule has 0 spiro atoms. The lowest BCUT2D eigenvalue weighted by Gasteiger charge is -2.15. The van der Waals surface area contributed by atoms with Crippen molar-refractivity contribution in [3.05, 3.63) is 52.9 Å². The smallest absolute Gasteiger partial charge is 0.175 e. The number of benzene rings is 1. The number of methoxy groups -OCH3 is 1. The highest BCUT2D eigenvalue weighted by atomic mass is 35.5. The fourth-order valence-corrected chi connectivity index (χ4v) is 4.07. The molecule has 1 aliphatic carbocycles. The summed E-state index contributed by atoms with van der Waals surface area (Å²) in [6, 6.07) is 6.97. The van der Waals surface area contributed by atoms with E-state index in [9.17, 15) is 8.42 Å². The number of pyridine rings is 1. The second-order valence-electron chi connectivity index (χ2n) is 6.59. The van der Waals surface area contributed by atoms with Gasteiger partial charge in [-0.25, -0.2) is 8.42 Å². The van der Waals surface area contributed by atoms with Crippen LogP contribution < -0.4 is 10.1 Å². The van der Waals surface area contributed by atoms with Gasteiger partial charge in [0.2, 0.25) is 0 Å². The lowest BCUT2D eigenvalue weighted by atomic mass is 10.1. The number of hydrogen-bond acceptors (Lipinski definition) is 5. The van der Waals surface area contributed by atoms with Crippen molar-refractivity contribution < 1.29 is 13.2 Å². The van der Waals surface area contributed by atoms with E-state index in [2.05, 4.69) is 12.2 Å². The molecular formula is C20H23ClN2O3S. The van der Waals surface area contributed by atoms with Crippen LogP contribution in [0.2, 0.25) is 0 Å². The summed E-state index contributed by atoms with van der Waals surface area (Å²) in [6.07, 6.45) is 5.42. The summed E-state index contributed by atoms with van der Waals surface area (Å²) >= 11 is 6.35. The van der Waals surface area contributed by atoms with Crippen LogP contribution in [0.5, 0.6) is 5.75 Å². The Hall–Kier alpha value is -2.05. The van der Waals surface area contributed by atoms with Crippen LogP contribution in [-0.2, 0) is 22.7 Å². The van der Waals surface area contributed by atoms with Gasteiger partial charge in [-0.1, -0.05) is 30.7 Å². The summed E-state index contributed by atoms with van der Waals surface area (Å²) in [6.45, 7) is 2.97. The van der Waals surface area contributed by atoms with Gasteiger partial charge in [-0.2, -0.15) is 0 Å². The normalized spacial score (nSPS) is 13.3. The highest BCUT2D eigenvalue weighted by molar-refractivity contribution is 7.90. The summed E-state index contributed by atoms with van der Waals surface area (Å²) in [7, 11) is -1.74. The Kier molecular flexibility index (Phi) is 5.77. The topological polar surface area (TPSA) is 68.3 Å². The first-order valence-electron chi connectivity index (χ1n) is 8.83. The van der Waals surface area contributed by atoms with Gasteiger partial charge in [0, 0.05) is 53.2 Å². The summed E-state index contributed by atoms with van der Waals surface area (Å²) in [5.41, 5.74) is 4.70. The fraction of sp³-hybridized carbons (Fsp3) is 0.350. The molecule has 0 unspecified atom stereocenters. The highest BCUT2D eigenvalue weighted by Crippen LogP contribution is 2.36. The molecule has 5 nitrogen and oxygen atoms in total. The van der Waals surface area contributed by atoms with Crippen LogP contribution in [-0.4, -0.2) is 33.3 Å². The second kappa shape index (κ2) is 7.90. The van der Waals surface area contributed by atoms with Crippen LogP contribution in [0.3, 0.4) is 0 Å². The molecule has 1 N–H and O–H groups in total. The molecule has 0 aliphatic heterocycles. The zero-order chi connectivity index (χ0) is 19.6. The number of sulfone groups is 1. The molecule has 1 aromatic heterocycles. The van der Waals surface area contributed by atoms with Gasteiger partial charge >= 0.3 is 0 Å². The maximum absolute atomic E-state index is 11.8. The van der Waals surface area contributed by atoms with Crippen LogP contribution in [0.25, 0.3) is 5.03 Å². The third-order valence-electron chi connectivity index (χ3n) is 4.48. The standard InChI is InChI=1S/C20H23ClN2O3S/c1-4-9-22-18-11-14(23-17-8-7-16(21)20(17)18)10-13-5-6-15(27(3,24)25)12-19(13)26-2/h5-7,11-12H,4,8-10H2,1-3H3,(H,22,23). The first-order valence-corrected chi connectivity index (χ1v) is 11.1. The maximum Gasteiger partial charge on any atom is 0.175 e. The lowest BCUT2D eigenvalue weighted by molar-refractivity contribution is 0.409. The van der Waals surface area contributed by atoms with E-state index in [1.165, 1.54) is 6.26 Å². The van der Waals surface area contributed by atoms with Crippen molar-refractivity contribution in [3.63, 3.8) is 0 Å². The predicted molar refractivity (Wildman–Crippen MR) is 109 cm³/mol. The van der Waals surface area contributed by atoms with Crippen LogP contribution in [0.1, 0.15) is 35.9 Å². The molecule has 0 saturated heterocycles. The Balaban J connectivity index is 1.97. The number of nitrogens with zero attached hydrogens (tertiary/aromatic N) is 1. The van der Waals surface area contributed by atoms with Gasteiger partial charge in [0.25, 0.3) is 0 Å². The summed E-state index contributed by atoms with van der Waals surface area (Å²) < 4.78 is 29.0. The van der Waals surface area contributed by atoms with E-state index >= 15 is 0 Å². The van der Waals surface area contributed by atoms with Crippen molar-refractivity contribution in [2.24, 2.45) is 0 Å². The summed E-state index contributed by atoms with van der Waals surface area (Å²) in [5.74, 6) is 0.541. The van der Waals surface area contributed by atoms with Crippen molar-refractivity contribution in [1.82, 2.24) is 4.98 Å². The average molecular weight is 407 g/mol. The number of fused-ring (bicyclic) bond motifs is 1. The first-order chi connectivity index (χ1) is 12.8. The van der Waals surface area contributed by atoms with E-state index in [1.807, 2.05) is 12.1 Å². The van der Waals surface area contributed by atoms with Gasteiger partial charge < -0.3 is 10.1 Å². The third kappa shape index (κ3) is 4.28. The Labute approximate surface area is 165 Å². The number of rotatable bonds is 7.